The van der Waals surface area contributed by atoms with Crippen molar-refractivity contribution in [2.75, 3.05) is 11.9 Å². The largest absolute Gasteiger partial charge is 0.416 e. The van der Waals surface area contributed by atoms with Gasteiger partial charge in [-0.25, -0.2) is 14.2 Å². The molecule has 1 saturated carbocycles. The molecule has 0 radical (unpaired) electrons. The molecule has 1 N–H and O–H groups in total. The summed E-state index contributed by atoms with van der Waals surface area (Å²) in [6, 6.07) is 12.1. The maximum absolute atomic E-state index is 13.7. The van der Waals surface area contributed by atoms with Crippen LogP contribution in [-0.2, 0) is 6.18 Å². The summed E-state index contributed by atoms with van der Waals surface area (Å²) in [6.45, 7) is 5.37. The third-order valence-electron chi connectivity index (χ3n) is 6.46. The number of nitrogens with one attached hydrogen (secondary N) is 1. The number of rotatable bonds is 5. The van der Waals surface area contributed by atoms with Crippen LogP contribution < -0.4 is 15.9 Å². The normalized spacial score (nSPS) is 13.9. The van der Waals surface area contributed by atoms with Crippen LogP contribution in [0.5, 0.6) is 0 Å². The molecule has 11 heteroatoms. The Bertz CT molecular complexity index is 1510. The van der Waals surface area contributed by atoms with E-state index in [1.807, 2.05) is 6.07 Å². The van der Waals surface area contributed by atoms with Crippen molar-refractivity contribution in [3.63, 3.8) is 0 Å². The lowest BCUT2D eigenvalue weighted by Gasteiger charge is -2.27. The van der Waals surface area contributed by atoms with Gasteiger partial charge in [0.1, 0.15) is 5.69 Å². The van der Waals surface area contributed by atoms with E-state index in [0.717, 1.165) is 40.5 Å². The average molecular weight is 523 g/mol. The molecule has 1 aliphatic carbocycles. The summed E-state index contributed by atoms with van der Waals surface area (Å²) >= 11 is 0. The van der Waals surface area contributed by atoms with Gasteiger partial charge in [-0.3, -0.25) is 9.56 Å². The highest BCUT2D eigenvalue weighted by atomic mass is 19.4. The minimum atomic E-state index is -4.62. The molecule has 1 amide bonds. The zero-order valence-corrected chi connectivity index (χ0v) is 20.8. The Morgan fingerprint density at radius 1 is 1.24 bits per heavy atom. The molecule has 1 fully saturated rings. The number of alkyl halides is 3. The predicted octanol–water partition coefficient (Wildman–Crippen LogP) is 4.97. The first-order valence-electron chi connectivity index (χ1n) is 11.8. The Labute approximate surface area is 216 Å². The van der Waals surface area contributed by atoms with Crippen LogP contribution in [0.25, 0.3) is 5.69 Å². The summed E-state index contributed by atoms with van der Waals surface area (Å²) in [4.78, 5) is 33.0. The Kier molecular flexibility index (Phi) is 7.26. The van der Waals surface area contributed by atoms with E-state index in [0.29, 0.717) is 11.3 Å². The van der Waals surface area contributed by atoms with Gasteiger partial charge < -0.3 is 10.2 Å². The van der Waals surface area contributed by atoms with Gasteiger partial charge in [-0.2, -0.15) is 18.4 Å². The third kappa shape index (κ3) is 4.85. The number of aromatic nitrogens is 2. The molecular formula is C27H25F3N6O2. The van der Waals surface area contributed by atoms with Gasteiger partial charge in [-0.05, 0) is 68.7 Å². The number of hydrogen-bond acceptors (Lipinski definition) is 4. The standard InChI is InChI=1S/C27H25F3N6O2/c1-4-34(21-13-11-18(16-31)12-14-21)24(32-3)23-17(2)35(22-10-5-7-19(15-22)27(28,29)30)26(38)36(23)25(37)33-20-8-6-9-20/h4-5,7,10-15,20H,1,6,8-9H2,2-3H3,(H,33,37)/b32-24+. The Balaban J connectivity index is 1.93. The fourth-order valence-electron chi connectivity index (χ4n) is 4.31. The van der Waals surface area contributed by atoms with Crippen LogP contribution in [-0.4, -0.2) is 34.1 Å². The van der Waals surface area contributed by atoms with Crippen LogP contribution in [0.1, 0.15) is 41.8 Å². The lowest BCUT2D eigenvalue weighted by atomic mass is 9.93. The van der Waals surface area contributed by atoms with E-state index in [9.17, 15) is 22.8 Å². The number of nitriles is 1. The molecule has 0 atom stereocenters. The van der Waals surface area contributed by atoms with Crippen LogP contribution in [0.2, 0.25) is 0 Å². The second kappa shape index (κ2) is 10.4. The SMILES string of the molecule is C=CN(/C(=N/C)c1c(C)n(-c2cccc(C(F)(F)F)c2)c(=O)n1C(=O)NC1CCC1)c1ccc(C#N)cc1. The van der Waals surface area contributed by atoms with E-state index in [4.69, 9.17) is 5.26 Å². The van der Waals surface area contributed by atoms with E-state index in [2.05, 4.69) is 16.9 Å². The summed E-state index contributed by atoms with van der Waals surface area (Å²) in [7, 11) is 1.47. The first-order valence-corrected chi connectivity index (χ1v) is 11.8. The highest BCUT2D eigenvalue weighted by molar-refractivity contribution is 6.12. The van der Waals surface area contributed by atoms with Crippen molar-refractivity contribution in [1.29, 1.82) is 5.26 Å². The van der Waals surface area contributed by atoms with Crippen molar-refractivity contribution in [2.24, 2.45) is 4.99 Å². The van der Waals surface area contributed by atoms with Crippen molar-refractivity contribution in [3.8, 4) is 11.8 Å². The van der Waals surface area contributed by atoms with Crippen LogP contribution in [0, 0.1) is 18.3 Å². The topological polar surface area (TPSA) is 95.4 Å². The highest BCUT2D eigenvalue weighted by Gasteiger charge is 2.33. The molecule has 38 heavy (non-hydrogen) atoms. The van der Waals surface area contributed by atoms with Gasteiger partial charge in [0.15, 0.2) is 5.84 Å². The van der Waals surface area contributed by atoms with Gasteiger partial charge in [0.2, 0.25) is 0 Å². The number of hydrogen-bond donors (Lipinski definition) is 1. The maximum Gasteiger partial charge on any atom is 0.416 e. The van der Waals surface area contributed by atoms with Crippen LogP contribution >= 0.6 is 0 Å². The molecule has 0 saturated heterocycles. The molecular weight excluding hydrogens is 497 g/mol. The third-order valence-corrected chi connectivity index (χ3v) is 6.46. The number of amidine groups is 1. The summed E-state index contributed by atoms with van der Waals surface area (Å²) in [5, 5.41) is 12.0. The quantitative estimate of drug-likeness (QED) is 0.378. The van der Waals surface area contributed by atoms with E-state index < -0.39 is 23.5 Å². The number of carbonyl (C=O) groups excluding carboxylic acids is 1. The number of anilines is 1. The molecule has 3 aromatic rings. The first kappa shape index (κ1) is 26.5. The number of nitrogens with zero attached hydrogens (tertiary/aromatic N) is 5. The van der Waals surface area contributed by atoms with Gasteiger partial charge in [0.25, 0.3) is 0 Å². The molecule has 1 aliphatic rings. The maximum atomic E-state index is 13.7. The van der Waals surface area contributed by atoms with Crippen LogP contribution in [0.3, 0.4) is 0 Å². The van der Waals surface area contributed by atoms with Crippen LogP contribution in [0.4, 0.5) is 23.7 Å². The molecule has 196 valence electrons. The zero-order valence-electron chi connectivity index (χ0n) is 20.8. The Hall–Kier alpha value is -4.59. The number of amides is 1. The average Bonchev–Trinajstić information content (AvgIpc) is 3.13. The molecule has 0 spiro atoms. The lowest BCUT2D eigenvalue weighted by molar-refractivity contribution is -0.137. The fraction of sp³-hybridized carbons (Fsp3) is 0.259. The minimum absolute atomic E-state index is 0.0438. The van der Waals surface area contributed by atoms with Gasteiger partial charge in [0.05, 0.1) is 28.6 Å². The number of imidazole rings is 1. The van der Waals surface area contributed by atoms with E-state index in [1.165, 1.54) is 37.2 Å². The van der Waals surface area contributed by atoms with E-state index >= 15 is 0 Å². The predicted molar refractivity (Wildman–Crippen MR) is 138 cm³/mol. The van der Waals surface area contributed by atoms with Gasteiger partial charge in [-0.15, -0.1) is 0 Å². The summed E-state index contributed by atoms with van der Waals surface area (Å²) < 4.78 is 42.3. The molecule has 8 nitrogen and oxygen atoms in total. The molecule has 0 aliphatic heterocycles. The lowest BCUT2D eigenvalue weighted by Crippen LogP contribution is -2.46. The van der Waals surface area contributed by atoms with Crippen LogP contribution in [0.15, 0.2) is 71.1 Å². The summed E-state index contributed by atoms with van der Waals surface area (Å²) in [5.74, 6) is 0.161. The second-order valence-corrected chi connectivity index (χ2v) is 8.77. The van der Waals surface area contributed by atoms with Crippen molar-refractivity contribution < 1.29 is 18.0 Å². The molecule has 0 unspecified atom stereocenters. The van der Waals surface area contributed by atoms with E-state index in [-0.39, 0.29) is 29.0 Å². The first-order chi connectivity index (χ1) is 18.1. The van der Waals surface area contributed by atoms with Crippen molar-refractivity contribution in [1.82, 2.24) is 14.5 Å². The van der Waals surface area contributed by atoms with Gasteiger partial charge >= 0.3 is 17.9 Å². The Morgan fingerprint density at radius 2 is 1.92 bits per heavy atom. The second-order valence-electron chi connectivity index (χ2n) is 8.77. The van der Waals surface area contributed by atoms with Gasteiger partial charge in [-0.1, -0.05) is 12.6 Å². The zero-order chi connectivity index (χ0) is 27.6. The monoisotopic (exact) mass is 522 g/mol. The summed E-state index contributed by atoms with van der Waals surface area (Å²) in [6.07, 6.45) is -0.708. The number of aliphatic imine (C=N–C) groups is 1. The van der Waals surface area contributed by atoms with Crippen molar-refractivity contribution in [3.05, 3.63) is 94.3 Å². The van der Waals surface area contributed by atoms with Crippen molar-refractivity contribution >= 4 is 17.6 Å². The molecule has 4 rings (SSSR count). The summed E-state index contributed by atoms with van der Waals surface area (Å²) in [5.41, 5.74) is -0.531. The highest BCUT2D eigenvalue weighted by Crippen LogP contribution is 2.31. The minimum Gasteiger partial charge on any atom is -0.335 e. The molecule has 2 aromatic carbocycles. The number of halogens is 3. The van der Waals surface area contributed by atoms with E-state index in [1.54, 1.807) is 24.3 Å². The molecule has 1 aromatic heterocycles. The van der Waals surface area contributed by atoms with Gasteiger partial charge in [0, 0.05) is 25.0 Å². The Morgan fingerprint density at radius 3 is 2.45 bits per heavy atom. The number of carbonyl (C=O) groups is 1. The molecule has 1 heterocycles. The number of benzene rings is 2. The van der Waals surface area contributed by atoms with Crippen molar-refractivity contribution in [2.45, 2.75) is 38.4 Å². The molecule has 0 bridgehead atoms. The fourth-order valence-corrected chi connectivity index (χ4v) is 4.31. The smallest absolute Gasteiger partial charge is 0.335 e.